The fourth-order valence-corrected chi connectivity index (χ4v) is 5.70. The van der Waals surface area contributed by atoms with E-state index < -0.39 is 15.8 Å². The SMILES string of the molecule is Cc1nnc(-c2csc(S(=O)(=O)N3CCC4(CC3)OCCO4)c2)o1. The maximum atomic E-state index is 12.8. The summed E-state index contributed by atoms with van der Waals surface area (Å²) in [5.41, 5.74) is 0.620. The molecule has 0 radical (unpaired) electrons. The number of sulfonamides is 1. The predicted octanol–water partition coefficient (Wildman–Crippen LogP) is 1.63. The molecule has 0 unspecified atom stereocenters. The average molecular weight is 371 g/mol. The average Bonchev–Trinajstić information content (AvgIpc) is 3.28. The molecule has 2 aliphatic rings. The van der Waals surface area contributed by atoms with Gasteiger partial charge in [-0.25, -0.2) is 8.42 Å². The van der Waals surface area contributed by atoms with Crippen molar-refractivity contribution in [2.24, 2.45) is 0 Å². The van der Waals surface area contributed by atoms with Crippen LogP contribution in [-0.2, 0) is 19.5 Å². The quantitative estimate of drug-likeness (QED) is 0.809. The lowest BCUT2D eigenvalue weighted by molar-refractivity contribution is -0.179. The number of rotatable bonds is 3. The molecule has 2 aliphatic heterocycles. The molecule has 0 amide bonds. The van der Waals surface area contributed by atoms with E-state index in [0.29, 0.717) is 56.5 Å². The molecule has 4 heterocycles. The van der Waals surface area contributed by atoms with Crippen LogP contribution in [0.15, 0.2) is 20.1 Å². The van der Waals surface area contributed by atoms with Gasteiger partial charge in [-0.3, -0.25) is 0 Å². The summed E-state index contributed by atoms with van der Waals surface area (Å²) in [6.07, 6.45) is 1.10. The molecule has 2 fully saturated rings. The van der Waals surface area contributed by atoms with Crippen molar-refractivity contribution in [2.75, 3.05) is 26.3 Å². The van der Waals surface area contributed by atoms with Gasteiger partial charge in [0.25, 0.3) is 10.0 Å². The van der Waals surface area contributed by atoms with Gasteiger partial charge in [-0.2, -0.15) is 4.31 Å². The molecule has 0 bridgehead atoms. The number of hydrogen-bond acceptors (Lipinski definition) is 8. The molecule has 24 heavy (non-hydrogen) atoms. The number of hydrogen-bond donors (Lipinski definition) is 0. The van der Waals surface area contributed by atoms with Gasteiger partial charge in [-0.05, 0) is 6.07 Å². The predicted molar refractivity (Wildman–Crippen MR) is 85.0 cm³/mol. The van der Waals surface area contributed by atoms with Crippen LogP contribution in [-0.4, -0.2) is 55.0 Å². The topological polar surface area (TPSA) is 94.8 Å². The Kier molecular flexibility index (Phi) is 3.96. The van der Waals surface area contributed by atoms with Gasteiger partial charge >= 0.3 is 0 Å². The number of thiophene rings is 1. The largest absolute Gasteiger partial charge is 0.421 e. The second-order valence-corrected chi connectivity index (χ2v) is 8.87. The maximum absolute atomic E-state index is 12.8. The Morgan fingerprint density at radius 2 is 1.92 bits per heavy atom. The zero-order valence-electron chi connectivity index (χ0n) is 13.1. The number of nitrogens with zero attached hydrogens (tertiary/aromatic N) is 3. The van der Waals surface area contributed by atoms with E-state index in [1.807, 2.05) is 0 Å². The zero-order chi connectivity index (χ0) is 16.8. The maximum Gasteiger partial charge on any atom is 0.252 e. The van der Waals surface area contributed by atoms with E-state index in [1.165, 1.54) is 4.31 Å². The summed E-state index contributed by atoms with van der Waals surface area (Å²) in [7, 11) is -3.54. The van der Waals surface area contributed by atoms with Gasteiger partial charge < -0.3 is 13.9 Å². The minimum atomic E-state index is -3.54. The van der Waals surface area contributed by atoms with Crippen LogP contribution in [0.3, 0.4) is 0 Å². The normalized spacial score (nSPS) is 21.5. The summed E-state index contributed by atoms with van der Waals surface area (Å²) < 4.78 is 44.1. The number of aromatic nitrogens is 2. The first kappa shape index (κ1) is 16.2. The molecule has 0 N–H and O–H groups in total. The van der Waals surface area contributed by atoms with Crippen LogP contribution in [0.1, 0.15) is 18.7 Å². The van der Waals surface area contributed by atoms with Crippen LogP contribution in [0, 0.1) is 6.92 Å². The standard InChI is InChI=1S/C14H17N3O5S2/c1-10-15-16-13(22-10)11-8-12(23-9-11)24(18,19)17-4-2-14(3-5-17)20-6-7-21-14/h8-9H,2-7H2,1H3. The minimum Gasteiger partial charge on any atom is -0.421 e. The van der Waals surface area contributed by atoms with E-state index in [9.17, 15) is 8.42 Å². The van der Waals surface area contributed by atoms with E-state index in [0.717, 1.165) is 11.3 Å². The van der Waals surface area contributed by atoms with E-state index in [1.54, 1.807) is 18.4 Å². The summed E-state index contributed by atoms with van der Waals surface area (Å²) in [6.45, 7) is 3.61. The molecule has 2 aromatic heterocycles. The molecule has 0 atom stereocenters. The third kappa shape index (κ3) is 2.78. The van der Waals surface area contributed by atoms with Gasteiger partial charge in [0, 0.05) is 38.2 Å². The molecule has 8 nitrogen and oxygen atoms in total. The lowest BCUT2D eigenvalue weighted by Gasteiger charge is -2.36. The number of ether oxygens (including phenoxy) is 2. The molecule has 4 rings (SSSR count). The highest BCUT2D eigenvalue weighted by molar-refractivity contribution is 7.91. The van der Waals surface area contributed by atoms with Crippen LogP contribution in [0.5, 0.6) is 0 Å². The van der Waals surface area contributed by atoms with Gasteiger partial charge in [0.2, 0.25) is 11.8 Å². The highest BCUT2D eigenvalue weighted by atomic mass is 32.2. The Morgan fingerprint density at radius 3 is 2.54 bits per heavy atom. The van der Waals surface area contributed by atoms with Gasteiger partial charge in [0.05, 0.1) is 18.8 Å². The third-order valence-electron chi connectivity index (χ3n) is 4.24. The smallest absolute Gasteiger partial charge is 0.252 e. The molecule has 0 aromatic carbocycles. The van der Waals surface area contributed by atoms with E-state index in [2.05, 4.69) is 10.2 Å². The molecular weight excluding hydrogens is 354 g/mol. The zero-order valence-corrected chi connectivity index (χ0v) is 14.7. The molecule has 2 aromatic rings. The fraction of sp³-hybridized carbons (Fsp3) is 0.571. The van der Waals surface area contributed by atoms with Crippen molar-refractivity contribution in [1.29, 1.82) is 0 Å². The minimum absolute atomic E-state index is 0.276. The lowest BCUT2D eigenvalue weighted by Crippen LogP contribution is -2.47. The monoisotopic (exact) mass is 371 g/mol. The van der Waals surface area contributed by atoms with Crippen LogP contribution in [0.25, 0.3) is 11.5 Å². The first-order valence-electron chi connectivity index (χ1n) is 7.66. The Bertz CT molecular complexity index is 828. The van der Waals surface area contributed by atoms with Gasteiger partial charge in [-0.1, -0.05) is 0 Å². The lowest BCUT2D eigenvalue weighted by atomic mass is 10.1. The second kappa shape index (κ2) is 5.88. The van der Waals surface area contributed by atoms with Crippen LogP contribution < -0.4 is 0 Å². The van der Waals surface area contributed by atoms with Crippen LogP contribution >= 0.6 is 11.3 Å². The summed E-state index contributed by atoms with van der Waals surface area (Å²) in [6, 6.07) is 1.58. The van der Waals surface area contributed by atoms with E-state index >= 15 is 0 Å². The van der Waals surface area contributed by atoms with E-state index in [4.69, 9.17) is 13.9 Å². The molecule has 1 spiro atoms. The number of aryl methyl sites for hydroxylation is 1. The summed E-state index contributed by atoms with van der Waals surface area (Å²) in [5, 5.41) is 9.40. The molecule has 2 saturated heterocycles. The molecule has 130 valence electrons. The second-order valence-electron chi connectivity index (χ2n) is 5.79. The summed E-state index contributed by atoms with van der Waals surface area (Å²) in [5.74, 6) is 0.183. The van der Waals surface area contributed by atoms with Gasteiger partial charge in [0.1, 0.15) is 4.21 Å². The summed E-state index contributed by atoms with van der Waals surface area (Å²) >= 11 is 1.16. The van der Waals surface area contributed by atoms with Gasteiger partial charge in [-0.15, -0.1) is 21.5 Å². The highest BCUT2D eigenvalue weighted by Gasteiger charge is 2.43. The Labute approximate surface area is 143 Å². The highest BCUT2D eigenvalue weighted by Crippen LogP contribution is 2.35. The van der Waals surface area contributed by atoms with Crippen molar-refractivity contribution in [3.63, 3.8) is 0 Å². The summed E-state index contributed by atoms with van der Waals surface area (Å²) in [4.78, 5) is 0. The molecule has 10 heteroatoms. The van der Waals surface area contributed by atoms with Crippen molar-refractivity contribution in [2.45, 2.75) is 29.8 Å². The third-order valence-corrected chi connectivity index (χ3v) is 7.55. The molecule has 0 saturated carbocycles. The molecule has 0 aliphatic carbocycles. The Hall–Kier alpha value is -1.33. The number of piperidine rings is 1. The first-order chi connectivity index (χ1) is 11.5. The van der Waals surface area contributed by atoms with Crippen LogP contribution in [0.4, 0.5) is 0 Å². The van der Waals surface area contributed by atoms with Crippen molar-refractivity contribution in [3.05, 3.63) is 17.3 Å². The Morgan fingerprint density at radius 1 is 1.21 bits per heavy atom. The van der Waals surface area contributed by atoms with Crippen molar-refractivity contribution in [3.8, 4) is 11.5 Å². The van der Waals surface area contributed by atoms with Crippen molar-refractivity contribution < 1.29 is 22.3 Å². The molecular formula is C14H17N3O5S2. The van der Waals surface area contributed by atoms with Crippen LogP contribution in [0.2, 0.25) is 0 Å². The fourth-order valence-electron chi connectivity index (χ4n) is 2.96. The van der Waals surface area contributed by atoms with E-state index in [-0.39, 0.29) is 4.21 Å². The van der Waals surface area contributed by atoms with Gasteiger partial charge in [0.15, 0.2) is 5.79 Å². The Balaban J connectivity index is 1.52. The van der Waals surface area contributed by atoms with Crippen molar-refractivity contribution in [1.82, 2.24) is 14.5 Å². The van der Waals surface area contributed by atoms with Crippen molar-refractivity contribution >= 4 is 21.4 Å². The first-order valence-corrected chi connectivity index (χ1v) is 9.98.